The Morgan fingerprint density at radius 3 is 3.00 bits per heavy atom. The zero-order chi connectivity index (χ0) is 13.1. The maximum Gasteiger partial charge on any atom is 0.0949 e. The quantitative estimate of drug-likeness (QED) is 0.885. The highest BCUT2D eigenvalue weighted by Gasteiger charge is 2.31. The maximum atomic E-state index is 5.16. The molecule has 7 heteroatoms. The van der Waals surface area contributed by atoms with Gasteiger partial charge in [0.2, 0.25) is 0 Å². The summed E-state index contributed by atoms with van der Waals surface area (Å²) in [5, 5.41) is 3.58. The number of ether oxygens (including phenoxy) is 1. The molecule has 0 spiro atoms. The van der Waals surface area contributed by atoms with Crippen molar-refractivity contribution in [2.24, 2.45) is 5.92 Å². The standard InChI is InChI=1S/C14H24N4O.2ClH/c1-19-5-4-17-11-16-8-14(17)10-18-9-12-2-3-13(18)7-15-6-12;;/h8,11-13,15H,2-7,9-10H2,1H3;2*1H/t12-,13+;;/m1../s1. The SMILES string of the molecule is COCCn1cncc1CN1C[C@@H]2CC[C@H]1CNC2.Cl.Cl. The molecule has 3 fully saturated rings. The minimum Gasteiger partial charge on any atom is -0.383 e. The van der Waals surface area contributed by atoms with Crippen LogP contribution in [0.15, 0.2) is 12.5 Å². The smallest absolute Gasteiger partial charge is 0.0949 e. The second-order valence-electron chi connectivity index (χ2n) is 5.76. The third-order valence-electron chi connectivity index (χ3n) is 4.43. The molecule has 5 nitrogen and oxygen atoms in total. The molecule has 1 aromatic heterocycles. The van der Waals surface area contributed by atoms with Crippen molar-refractivity contribution in [3.05, 3.63) is 18.2 Å². The number of nitrogens with zero attached hydrogens (tertiary/aromatic N) is 3. The molecule has 3 aliphatic heterocycles. The fourth-order valence-corrected chi connectivity index (χ4v) is 3.31. The van der Waals surface area contributed by atoms with Crippen LogP contribution in [0.4, 0.5) is 0 Å². The Kier molecular flexibility index (Phi) is 7.98. The third kappa shape index (κ3) is 4.57. The molecule has 1 N–H and O–H groups in total. The largest absolute Gasteiger partial charge is 0.383 e. The fraction of sp³-hybridized carbons (Fsp3) is 0.786. The Morgan fingerprint density at radius 1 is 1.33 bits per heavy atom. The van der Waals surface area contributed by atoms with E-state index in [-0.39, 0.29) is 24.8 Å². The van der Waals surface area contributed by atoms with Crippen LogP contribution in [0.1, 0.15) is 18.5 Å². The number of piperidine rings is 1. The second-order valence-corrected chi connectivity index (χ2v) is 5.76. The number of halogens is 2. The normalized spacial score (nSPS) is 25.0. The molecular weight excluding hydrogens is 311 g/mol. The van der Waals surface area contributed by atoms with Gasteiger partial charge in [-0.2, -0.15) is 0 Å². The number of imidazole rings is 1. The summed E-state index contributed by atoms with van der Waals surface area (Å²) in [5.74, 6) is 0.828. The van der Waals surface area contributed by atoms with Gasteiger partial charge in [0.1, 0.15) is 0 Å². The van der Waals surface area contributed by atoms with E-state index in [2.05, 4.69) is 19.8 Å². The van der Waals surface area contributed by atoms with Crippen molar-refractivity contribution in [1.82, 2.24) is 19.8 Å². The Morgan fingerprint density at radius 2 is 2.19 bits per heavy atom. The van der Waals surface area contributed by atoms with Crippen LogP contribution in [0.3, 0.4) is 0 Å². The van der Waals surface area contributed by atoms with E-state index in [4.69, 9.17) is 4.74 Å². The predicted molar refractivity (Wildman–Crippen MR) is 88.4 cm³/mol. The Hall–Kier alpha value is -0.330. The van der Waals surface area contributed by atoms with E-state index in [0.29, 0.717) is 6.04 Å². The topological polar surface area (TPSA) is 42.3 Å². The number of hydrogen-bond acceptors (Lipinski definition) is 4. The van der Waals surface area contributed by atoms with E-state index >= 15 is 0 Å². The van der Waals surface area contributed by atoms with Gasteiger partial charge < -0.3 is 14.6 Å². The van der Waals surface area contributed by atoms with Gasteiger partial charge in [-0.15, -0.1) is 24.8 Å². The van der Waals surface area contributed by atoms with E-state index in [1.807, 2.05) is 12.5 Å². The van der Waals surface area contributed by atoms with Crippen molar-refractivity contribution in [2.75, 3.05) is 33.4 Å². The van der Waals surface area contributed by atoms with E-state index in [9.17, 15) is 0 Å². The minimum atomic E-state index is 0. The molecular formula is C14H26Cl2N4O. The minimum absolute atomic E-state index is 0. The van der Waals surface area contributed by atoms with Gasteiger partial charge in [0, 0.05) is 45.5 Å². The molecule has 3 aliphatic rings. The summed E-state index contributed by atoms with van der Waals surface area (Å²) in [6, 6.07) is 0.699. The highest BCUT2D eigenvalue weighted by atomic mass is 35.5. The summed E-state index contributed by atoms with van der Waals surface area (Å²) in [7, 11) is 1.75. The van der Waals surface area contributed by atoms with Crippen molar-refractivity contribution in [2.45, 2.75) is 32.0 Å². The van der Waals surface area contributed by atoms with Crippen molar-refractivity contribution in [3.8, 4) is 0 Å². The van der Waals surface area contributed by atoms with Crippen LogP contribution >= 0.6 is 24.8 Å². The highest BCUT2D eigenvalue weighted by molar-refractivity contribution is 5.85. The zero-order valence-electron chi connectivity index (χ0n) is 12.5. The van der Waals surface area contributed by atoms with Crippen LogP contribution < -0.4 is 5.32 Å². The molecule has 2 atom stereocenters. The number of hydrogen-bond donors (Lipinski definition) is 1. The summed E-state index contributed by atoms with van der Waals surface area (Å²) in [6.45, 7) is 6.22. The molecule has 0 unspecified atom stereocenters. The molecule has 0 saturated carbocycles. The molecule has 0 radical (unpaired) electrons. The molecule has 4 heterocycles. The average molecular weight is 337 g/mol. The van der Waals surface area contributed by atoms with Crippen LogP contribution in [0.5, 0.6) is 0 Å². The first-order valence-corrected chi connectivity index (χ1v) is 7.29. The summed E-state index contributed by atoms with van der Waals surface area (Å²) >= 11 is 0. The number of aromatic nitrogens is 2. The van der Waals surface area contributed by atoms with Crippen molar-refractivity contribution in [3.63, 3.8) is 0 Å². The summed E-state index contributed by atoms with van der Waals surface area (Å²) in [4.78, 5) is 6.92. The van der Waals surface area contributed by atoms with Crippen molar-refractivity contribution in [1.29, 1.82) is 0 Å². The summed E-state index contributed by atoms with van der Waals surface area (Å²) < 4.78 is 7.38. The number of rotatable bonds is 5. The number of methoxy groups -OCH3 is 1. The van der Waals surface area contributed by atoms with E-state index in [0.717, 1.165) is 32.2 Å². The van der Waals surface area contributed by atoms with Gasteiger partial charge in [-0.05, 0) is 25.3 Å². The first kappa shape index (κ1) is 18.7. The van der Waals surface area contributed by atoms with Crippen LogP contribution in [-0.2, 0) is 17.8 Å². The third-order valence-corrected chi connectivity index (χ3v) is 4.43. The average Bonchev–Trinajstić information content (AvgIpc) is 2.63. The van der Waals surface area contributed by atoms with Gasteiger partial charge in [0.25, 0.3) is 0 Å². The Bertz CT molecular complexity index is 411. The highest BCUT2D eigenvalue weighted by Crippen LogP contribution is 2.25. The molecule has 122 valence electrons. The lowest BCUT2D eigenvalue weighted by atomic mass is 9.95. The van der Waals surface area contributed by atoms with E-state index in [1.54, 1.807) is 7.11 Å². The first-order chi connectivity index (χ1) is 9.36. The maximum absolute atomic E-state index is 5.16. The van der Waals surface area contributed by atoms with E-state index in [1.165, 1.54) is 31.6 Å². The molecule has 0 aliphatic carbocycles. The second kappa shape index (κ2) is 8.96. The molecule has 21 heavy (non-hydrogen) atoms. The van der Waals surface area contributed by atoms with Gasteiger partial charge in [0.15, 0.2) is 0 Å². The molecule has 0 amide bonds. The van der Waals surface area contributed by atoms with Gasteiger partial charge in [-0.1, -0.05) is 0 Å². The molecule has 2 bridgehead atoms. The fourth-order valence-electron chi connectivity index (χ4n) is 3.31. The van der Waals surface area contributed by atoms with E-state index < -0.39 is 0 Å². The first-order valence-electron chi connectivity index (χ1n) is 7.29. The Labute approximate surface area is 139 Å². The molecule has 1 aromatic rings. The summed E-state index contributed by atoms with van der Waals surface area (Å²) in [6.07, 6.45) is 6.64. The molecule has 3 saturated heterocycles. The zero-order valence-corrected chi connectivity index (χ0v) is 14.2. The van der Waals surface area contributed by atoms with Gasteiger partial charge >= 0.3 is 0 Å². The van der Waals surface area contributed by atoms with Gasteiger partial charge in [-0.3, -0.25) is 4.90 Å². The predicted octanol–water partition coefficient (Wildman–Crippen LogP) is 1.56. The van der Waals surface area contributed by atoms with Gasteiger partial charge in [0.05, 0.1) is 18.6 Å². The number of nitrogens with one attached hydrogen (secondary N) is 1. The van der Waals surface area contributed by atoms with Crippen molar-refractivity contribution >= 4 is 24.8 Å². The van der Waals surface area contributed by atoms with Crippen LogP contribution in [0, 0.1) is 5.92 Å². The lowest BCUT2D eigenvalue weighted by molar-refractivity contribution is 0.122. The van der Waals surface area contributed by atoms with Crippen LogP contribution in [0.25, 0.3) is 0 Å². The molecule has 4 rings (SSSR count). The summed E-state index contributed by atoms with van der Waals surface area (Å²) in [5.41, 5.74) is 1.31. The molecule has 0 aromatic carbocycles. The Balaban J connectivity index is 0.00000110. The van der Waals surface area contributed by atoms with Crippen molar-refractivity contribution < 1.29 is 4.74 Å². The lowest BCUT2D eigenvalue weighted by Crippen LogP contribution is -2.43. The van der Waals surface area contributed by atoms with Crippen LogP contribution in [-0.4, -0.2) is 53.8 Å². The van der Waals surface area contributed by atoms with Crippen LogP contribution in [0.2, 0.25) is 0 Å². The van der Waals surface area contributed by atoms with Gasteiger partial charge in [-0.25, -0.2) is 4.98 Å². The number of fused-ring (bicyclic) bond motifs is 4. The monoisotopic (exact) mass is 336 g/mol. The lowest BCUT2D eigenvalue weighted by Gasteiger charge is -2.36.